The van der Waals surface area contributed by atoms with Crippen LogP contribution in [0.4, 0.5) is 15.2 Å². The lowest BCUT2D eigenvalue weighted by atomic mass is 9.99. The minimum absolute atomic E-state index is 0.0832. The number of nitrogens with zero attached hydrogens (tertiary/aromatic N) is 3. The molecule has 1 fully saturated rings. The SMILES string of the molecule is C/C(=C\c1nsc(Nc2ccc(F)c(Cl)c2)n1)N1CCC(C)CC1. The van der Waals surface area contributed by atoms with Crippen LogP contribution in [-0.2, 0) is 0 Å². The van der Waals surface area contributed by atoms with Crippen LogP contribution in [-0.4, -0.2) is 27.3 Å². The fraction of sp³-hybridized carbons (Fsp3) is 0.412. The Labute approximate surface area is 150 Å². The minimum atomic E-state index is -0.436. The summed E-state index contributed by atoms with van der Waals surface area (Å²) in [6.07, 6.45) is 4.47. The van der Waals surface area contributed by atoms with Gasteiger partial charge in [0.15, 0.2) is 5.82 Å². The Morgan fingerprint density at radius 2 is 2.17 bits per heavy atom. The van der Waals surface area contributed by atoms with Gasteiger partial charge in [-0.25, -0.2) is 4.39 Å². The second-order valence-corrected chi connectivity index (χ2v) is 7.33. The molecule has 1 saturated heterocycles. The Kier molecular flexibility index (Phi) is 5.36. The fourth-order valence-corrected chi connectivity index (χ4v) is 3.43. The van der Waals surface area contributed by atoms with Crippen molar-refractivity contribution in [3.8, 4) is 0 Å². The van der Waals surface area contributed by atoms with Crippen LogP contribution in [0.3, 0.4) is 0 Å². The van der Waals surface area contributed by atoms with Crippen LogP contribution in [0.5, 0.6) is 0 Å². The fourth-order valence-electron chi connectivity index (χ4n) is 2.68. The molecule has 3 rings (SSSR count). The average molecular weight is 367 g/mol. The third kappa shape index (κ3) is 4.24. The van der Waals surface area contributed by atoms with Crippen molar-refractivity contribution >= 4 is 40.0 Å². The zero-order chi connectivity index (χ0) is 17.1. The van der Waals surface area contributed by atoms with E-state index in [1.165, 1.54) is 42.2 Å². The first-order valence-corrected chi connectivity index (χ1v) is 9.15. The highest BCUT2D eigenvalue weighted by Crippen LogP contribution is 2.25. The third-order valence-corrected chi connectivity index (χ3v) is 5.17. The van der Waals surface area contributed by atoms with Crippen LogP contribution in [0.25, 0.3) is 6.08 Å². The molecule has 0 radical (unpaired) electrons. The van der Waals surface area contributed by atoms with Crippen molar-refractivity contribution in [3.63, 3.8) is 0 Å². The van der Waals surface area contributed by atoms with Crippen LogP contribution in [0.2, 0.25) is 5.02 Å². The maximum Gasteiger partial charge on any atom is 0.207 e. The number of nitrogens with one attached hydrogen (secondary N) is 1. The second-order valence-electron chi connectivity index (χ2n) is 6.17. The van der Waals surface area contributed by atoms with E-state index in [-0.39, 0.29) is 5.02 Å². The molecule has 1 aromatic heterocycles. The molecular formula is C17H20ClFN4S. The minimum Gasteiger partial charge on any atom is -0.375 e. The third-order valence-electron chi connectivity index (χ3n) is 4.23. The van der Waals surface area contributed by atoms with E-state index in [1.807, 2.05) is 6.08 Å². The van der Waals surface area contributed by atoms with Crippen LogP contribution >= 0.6 is 23.1 Å². The standard InChI is InChI=1S/C17H20ClFN4S/c1-11-5-7-23(8-6-11)12(2)9-16-21-17(24-22-16)20-13-3-4-15(19)14(18)10-13/h3-4,9-11H,5-8H2,1-2H3,(H,20,21,22)/b12-9+. The normalized spacial score (nSPS) is 16.5. The molecule has 1 aliphatic rings. The molecule has 24 heavy (non-hydrogen) atoms. The van der Waals surface area contributed by atoms with Gasteiger partial charge >= 0.3 is 0 Å². The maximum absolute atomic E-state index is 13.2. The van der Waals surface area contributed by atoms with Gasteiger partial charge < -0.3 is 10.2 Å². The van der Waals surface area contributed by atoms with Gasteiger partial charge in [0, 0.05) is 42.1 Å². The molecule has 1 N–H and O–H groups in total. The van der Waals surface area contributed by atoms with Crippen molar-refractivity contribution in [3.05, 3.63) is 40.6 Å². The van der Waals surface area contributed by atoms with Crippen molar-refractivity contribution in [2.75, 3.05) is 18.4 Å². The van der Waals surface area contributed by atoms with Crippen LogP contribution < -0.4 is 5.32 Å². The second kappa shape index (κ2) is 7.49. The number of allylic oxidation sites excluding steroid dienone is 1. The topological polar surface area (TPSA) is 41.1 Å². The van der Waals surface area contributed by atoms with Gasteiger partial charge in [0.25, 0.3) is 0 Å². The molecule has 0 aliphatic carbocycles. The van der Waals surface area contributed by atoms with E-state index in [4.69, 9.17) is 11.6 Å². The predicted molar refractivity (Wildman–Crippen MR) is 98.2 cm³/mol. The molecule has 4 nitrogen and oxygen atoms in total. The molecular weight excluding hydrogens is 347 g/mol. The molecule has 2 aromatic rings. The Hall–Kier alpha value is -1.66. The zero-order valence-corrected chi connectivity index (χ0v) is 15.3. The predicted octanol–water partition coefficient (Wildman–Crippen LogP) is 5.17. The summed E-state index contributed by atoms with van der Waals surface area (Å²) in [7, 11) is 0. The summed E-state index contributed by atoms with van der Waals surface area (Å²) in [5, 5.41) is 3.84. The van der Waals surface area contributed by atoms with E-state index in [9.17, 15) is 4.39 Å². The number of hydrogen-bond acceptors (Lipinski definition) is 5. The van der Waals surface area contributed by atoms with Crippen molar-refractivity contribution in [2.45, 2.75) is 26.7 Å². The quantitative estimate of drug-likeness (QED) is 0.810. The molecule has 0 spiro atoms. The number of aromatic nitrogens is 2. The zero-order valence-electron chi connectivity index (χ0n) is 13.7. The molecule has 1 aromatic carbocycles. The monoisotopic (exact) mass is 366 g/mol. The number of halogens is 2. The molecule has 0 amide bonds. The highest BCUT2D eigenvalue weighted by molar-refractivity contribution is 7.09. The van der Waals surface area contributed by atoms with Gasteiger partial charge in [-0.15, -0.1) is 0 Å². The molecule has 7 heteroatoms. The molecule has 2 heterocycles. The van der Waals surface area contributed by atoms with Crippen LogP contribution in [0.1, 0.15) is 32.5 Å². The van der Waals surface area contributed by atoms with Crippen molar-refractivity contribution < 1.29 is 4.39 Å². The first-order valence-electron chi connectivity index (χ1n) is 8.00. The van der Waals surface area contributed by atoms with E-state index >= 15 is 0 Å². The van der Waals surface area contributed by atoms with E-state index in [1.54, 1.807) is 6.07 Å². The van der Waals surface area contributed by atoms with Gasteiger partial charge in [-0.2, -0.15) is 9.36 Å². The number of piperidine rings is 1. The summed E-state index contributed by atoms with van der Waals surface area (Å²) in [5.41, 5.74) is 1.88. The van der Waals surface area contributed by atoms with Gasteiger partial charge in [0.05, 0.1) is 5.02 Å². The van der Waals surface area contributed by atoms with Gasteiger partial charge in [0.1, 0.15) is 5.82 Å². The Balaban J connectivity index is 1.66. The Bertz CT molecular complexity index is 738. The van der Waals surface area contributed by atoms with E-state index in [2.05, 4.69) is 33.4 Å². The number of anilines is 2. The van der Waals surface area contributed by atoms with Crippen molar-refractivity contribution in [1.29, 1.82) is 0 Å². The highest BCUT2D eigenvalue weighted by atomic mass is 35.5. The molecule has 0 bridgehead atoms. The van der Waals surface area contributed by atoms with Crippen LogP contribution in [0.15, 0.2) is 23.9 Å². The summed E-state index contributed by atoms with van der Waals surface area (Å²) >= 11 is 7.06. The maximum atomic E-state index is 13.2. The molecule has 128 valence electrons. The summed E-state index contributed by atoms with van der Waals surface area (Å²) in [6.45, 7) is 6.58. The Morgan fingerprint density at radius 1 is 1.42 bits per heavy atom. The van der Waals surface area contributed by atoms with Crippen molar-refractivity contribution in [1.82, 2.24) is 14.3 Å². The highest BCUT2D eigenvalue weighted by Gasteiger charge is 2.16. The molecule has 0 saturated carbocycles. The molecule has 0 atom stereocenters. The summed E-state index contributed by atoms with van der Waals surface area (Å²) in [6, 6.07) is 4.49. The smallest absolute Gasteiger partial charge is 0.207 e. The lowest BCUT2D eigenvalue weighted by Crippen LogP contribution is -2.31. The van der Waals surface area contributed by atoms with Gasteiger partial charge in [-0.1, -0.05) is 18.5 Å². The van der Waals surface area contributed by atoms with E-state index in [0.29, 0.717) is 16.6 Å². The summed E-state index contributed by atoms with van der Waals surface area (Å²) < 4.78 is 17.5. The summed E-state index contributed by atoms with van der Waals surface area (Å²) in [5.74, 6) is 1.06. The van der Waals surface area contributed by atoms with Crippen LogP contribution in [0, 0.1) is 11.7 Å². The molecule has 1 aliphatic heterocycles. The number of likely N-dealkylation sites (tertiary alicyclic amines) is 1. The van der Waals surface area contributed by atoms with Gasteiger partial charge in [-0.05, 0) is 43.9 Å². The lowest BCUT2D eigenvalue weighted by Gasteiger charge is -2.32. The van der Waals surface area contributed by atoms with Gasteiger partial charge in [-0.3, -0.25) is 0 Å². The largest absolute Gasteiger partial charge is 0.375 e. The van der Waals surface area contributed by atoms with E-state index < -0.39 is 5.82 Å². The average Bonchev–Trinajstić information content (AvgIpc) is 2.98. The lowest BCUT2D eigenvalue weighted by molar-refractivity contribution is 0.239. The molecule has 0 unspecified atom stereocenters. The van der Waals surface area contributed by atoms with Gasteiger partial charge in [0.2, 0.25) is 5.13 Å². The first-order chi connectivity index (χ1) is 11.5. The first kappa shape index (κ1) is 17.2. The number of rotatable bonds is 4. The number of hydrogen-bond donors (Lipinski definition) is 1. The van der Waals surface area contributed by atoms with E-state index in [0.717, 1.165) is 19.0 Å². The Morgan fingerprint density at radius 3 is 2.88 bits per heavy atom. The van der Waals surface area contributed by atoms with Crippen molar-refractivity contribution in [2.24, 2.45) is 5.92 Å². The number of benzene rings is 1. The summed E-state index contributed by atoms with van der Waals surface area (Å²) in [4.78, 5) is 6.85.